The molecule has 3 rings (SSSR count). The van der Waals surface area contributed by atoms with Gasteiger partial charge in [0.1, 0.15) is 5.75 Å². The summed E-state index contributed by atoms with van der Waals surface area (Å²) in [4.78, 5) is 25.3. The van der Waals surface area contributed by atoms with Crippen molar-refractivity contribution < 1.29 is 22.7 Å². The van der Waals surface area contributed by atoms with Crippen molar-refractivity contribution in [3.05, 3.63) is 83.4 Å². The van der Waals surface area contributed by atoms with Crippen molar-refractivity contribution in [2.24, 2.45) is 0 Å². The molecule has 0 bridgehead atoms. The standard InChI is InChI=1S/C22H20ClN3O5S/c1-15-14-18(31-2)12-13-20(15)24-21(27)25-22(28)26(17-10-8-16(23)9-11-17)32(29,30)19-6-4-3-5-7-19/h3-14H,1-2H3,(H2,24,25,27,28). The summed E-state index contributed by atoms with van der Waals surface area (Å²) in [7, 11) is -2.80. The second-order valence-electron chi connectivity index (χ2n) is 6.62. The Hall–Kier alpha value is -3.56. The minimum absolute atomic E-state index is 0.0178. The van der Waals surface area contributed by atoms with Crippen LogP contribution in [-0.4, -0.2) is 27.6 Å². The first kappa shape index (κ1) is 23.1. The molecule has 0 spiro atoms. The summed E-state index contributed by atoms with van der Waals surface area (Å²) in [5.74, 6) is 0.604. The van der Waals surface area contributed by atoms with Gasteiger partial charge in [-0.3, -0.25) is 5.32 Å². The third-order valence-electron chi connectivity index (χ3n) is 4.43. The van der Waals surface area contributed by atoms with E-state index in [-0.39, 0.29) is 10.6 Å². The number of carbonyl (C=O) groups excluding carboxylic acids is 2. The van der Waals surface area contributed by atoms with Crippen LogP contribution in [0.15, 0.2) is 77.7 Å². The van der Waals surface area contributed by atoms with Crippen molar-refractivity contribution in [1.29, 1.82) is 0 Å². The summed E-state index contributed by atoms with van der Waals surface area (Å²) in [6.45, 7) is 1.75. The minimum atomic E-state index is -4.32. The number of hydrogen-bond donors (Lipinski definition) is 2. The summed E-state index contributed by atoms with van der Waals surface area (Å²) in [6, 6.07) is 15.9. The highest BCUT2D eigenvalue weighted by Crippen LogP contribution is 2.26. The lowest BCUT2D eigenvalue weighted by Gasteiger charge is -2.23. The summed E-state index contributed by atoms with van der Waals surface area (Å²) >= 11 is 5.90. The number of hydrogen-bond acceptors (Lipinski definition) is 5. The number of anilines is 2. The quantitative estimate of drug-likeness (QED) is 0.554. The van der Waals surface area contributed by atoms with E-state index in [0.717, 1.165) is 0 Å². The maximum Gasteiger partial charge on any atom is 0.344 e. The number of sulfonamides is 1. The third kappa shape index (κ3) is 5.19. The van der Waals surface area contributed by atoms with Crippen molar-refractivity contribution in [3.8, 4) is 5.75 Å². The van der Waals surface area contributed by atoms with Gasteiger partial charge in [-0.15, -0.1) is 0 Å². The fourth-order valence-corrected chi connectivity index (χ4v) is 4.35. The first-order chi connectivity index (χ1) is 15.2. The molecule has 8 nitrogen and oxygen atoms in total. The minimum Gasteiger partial charge on any atom is -0.497 e. The first-order valence-corrected chi connectivity index (χ1v) is 11.2. The SMILES string of the molecule is COc1ccc(NC(=O)NC(=O)N(c2ccc(Cl)cc2)S(=O)(=O)c2ccccc2)c(C)c1. The maximum atomic E-state index is 13.2. The number of amides is 4. The smallest absolute Gasteiger partial charge is 0.344 e. The van der Waals surface area contributed by atoms with Crippen LogP contribution >= 0.6 is 11.6 Å². The maximum absolute atomic E-state index is 13.2. The van der Waals surface area contributed by atoms with Gasteiger partial charge in [-0.2, -0.15) is 4.31 Å². The molecule has 0 saturated heterocycles. The topological polar surface area (TPSA) is 105 Å². The average Bonchev–Trinajstić information content (AvgIpc) is 2.77. The number of aryl methyl sites for hydroxylation is 1. The third-order valence-corrected chi connectivity index (χ3v) is 6.41. The van der Waals surface area contributed by atoms with Gasteiger partial charge in [0.2, 0.25) is 0 Å². The fourth-order valence-electron chi connectivity index (χ4n) is 2.84. The van der Waals surface area contributed by atoms with Crippen LogP contribution in [-0.2, 0) is 10.0 Å². The predicted octanol–water partition coefficient (Wildman–Crippen LogP) is 4.79. The molecule has 10 heteroatoms. The summed E-state index contributed by atoms with van der Waals surface area (Å²) < 4.78 is 32.1. The molecule has 0 aromatic heterocycles. The van der Waals surface area contributed by atoms with Gasteiger partial charge in [-0.05, 0) is 67.1 Å². The lowest BCUT2D eigenvalue weighted by atomic mass is 10.2. The molecule has 0 saturated carbocycles. The molecule has 32 heavy (non-hydrogen) atoms. The Balaban J connectivity index is 1.89. The number of nitrogens with one attached hydrogen (secondary N) is 2. The molecule has 3 aromatic rings. The lowest BCUT2D eigenvalue weighted by Crippen LogP contribution is -2.47. The van der Waals surface area contributed by atoms with Crippen molar-refractivity contribution in [2.75, 3.05) is 16.7 Å². The average molecular weight is 474 g/mol. The molecular formula is C22H20ClN3O5S. The van der Waals surface area contributed by atoms with Gasteiger partial charge in [0.05, 0.1) is 17.7 Å². The molecule has 0 unspecified atom stereocenters. The Labute approximate surface area is 190 Å². The summed E-state index contributed by atoms with van der Waals surface area (Å²) in [5, 5.41) is 4.96. The van der Waals surface area contributed by atoms with Crippen LogP contribution < -0.4 is 19.7 Å². The predicted molar refractivity (Wildman–Crippen MR) is 123 cm³/mol. The second-order valence-corrected chi connectivity index (χ2v) is 8.85. The number of ether oxygens (including phenoxy) is 1. The molecule has 166 valence electrons. The Bertz CT molecular complexity index is 1230. The highest BCUT2D eigenvalue weighted by molar-refractivity contribution is 7.93. The van der Waals surface area contributed by atoms with Gasteiger partial charge >= 0.3 is 12.1 Å². The lowest BCUT2D eigenvalue weighted by molar-refractivity contribution is 0.238. The molecule has 0 heterocycles. The van der Waals surface area contributed by atoms with E-state index >= 15 is 0 Å². The number of methoxy groups -OCH3 is 1. The number of halogens is 1. The van der Waals surface area contributed by atoms with E-state index < -0.39 is 22.1 Å². The van der Waals surface area contributed by atoms with E-state index in [4.69, 9.17) is 16.3 Å². The summed E-state index contributed by atoms with van der Waals surface area (Å²) in [5.41, 5.74) is 1.14. The van der Waals surface area contributed by atoms with Crippen LogP contribution in [0.2, 0.25) is 5.02 Å². The van der Waals surface area contributed by atoms with Crippen LogP contribution in [0, 0.1) is 6.92 Å². The van der Waals surface area contributed by atoms with Gasteiger partial charge in [-0.25, -0.2) is 18.0 Å². The van der Waals surface area contributed by atoms with Crippen LogP contribution in [0.25, 0.3) is 0 Å². The molecule has 0 radical (unpaired) electrons. The van der Waals surface area contributed by atoms with Gasteiger partial charge < -0.3 is 10.1 Å². The van der Waals surface area contributed by atoms with E-state index in [2.05, 4.69) is 10.6 Å². The molecule has 4 amide bonds. The number of nitrogens with zero attached hydrogens (tertiary/aromatic N) is 1. The summed E-state index contributed by atoms with van der Waals surface area (Å²) in [6.07, 6.45) is 0. The molecule has 0 fully saturated rings. The molecule has 2 N–H and O–H groups in total. The van der Waals surface area contributed by atoms with E-state index in [1.54, 1.807) is 31.2 Å². The van der Waals surface area contributed by atoms with Crippen LogP contribution in [0.4, 0.5) is 21.0 Å². The van der Waals surface area contributed by atoms with Gasteiger partial charge in [-0.1, -0.05) is 29.8 Å². The van der Waals surface area contributed by atoms with Gasteiger partial charge in [0, 0.05) is 10.7 Å². The van der Waals surface area contributed by atoms with Crippen molar-refractivity contribution >= 4 is 45.1 Å². The fraction of sp³-hybridized carbons (Fsp3) is 0.0909. The van der Waals surface area contributed by atoms with E-state index in [9.17, 15) is 18.0 Å². The van der Waals surface area contributed by atoms with E-state index in [1.165, 1.54) is 55.6 Å². The van der Waals surface area contributed by atoms with Crippen molar-refractivity contribution in [3.63, 3.8) is 0 Å². The Morgan fingerprint density at radius 1 is 0.969 bits per heavy atom. The van der Waals surface area contributed by atoms with Gasteiger partial charge in [0.15, 0.2) is 0 Å². The zero-order valence-electron chi connectivity index (χ0n) is 17.2. The zero-order chi connectivity index (χ0) is 23.3. The monoisotopic (exact) mass is 473 g/mol. The molecular weight excluding hydrogens is 454 g/mol. The number of urea groups is 2. The van der Waals surface area contributed by atoms with Crippen LogP contribution in [0.5, 0.6) is 5.75 Å². The number of imide groups is 1. The van der Waals surface area contributed by atoms with Crippen molar-refractivity contribution in [2.45, 2.75) is 11.8 Å². The zero-order valence-corrected chi connectivity index (χ0v) is 18.8. The number of rotatable bonds is 5. The number of benzene rings is 3. The Morgan fingerprint density at radius 3 is 2.22 bits per heavy atom. The molecule has 0 aliphatic heterocycles. The number of carbonyl (C=O) groups is 2. The van der Waals surface area contributed by atoms with Crippen molar-refractivity contribution in [1.82, 2.24) is 5.32 Å². The molecule has 0 aliphatic carbocycles. The van der Waals surface area contributed by atoms with Crippen LogP contribution in [0.1, 0.15) is 5.56 Å². The Kier molecular flexibility index (Phi) is 7.01. The van der Waals surface area contributed by atoms with Gasteiger partial charge in [0.25, 0.3) is 10.0 Å². The molecule has 0 atom stereocenters. The largest absolute Gasteiger partial charge is 0.497 e. The second kappa shape index (κ2) is 9.71. The molecule has 3 aromatic carbocycles. The first-order valence-electron chi connectivity index (χ1n) is 9.35. The Morgan fingerprint density at radius 2 is 1.62 bits per heavy atom. The molecule has 0 aliphatic rings. The van der Waals surface area contributed by atoms with E-state index in [1.807, 2.05) is 0 Å². The van der Waals surface area contributed by atoms with E-state index in [0.29, 0.717) is 26.3 Å². The normalized spacial score (nSPS) is 10.8. The van der Waals surface area contributed by atoms with Crippen LogP contribution in [0.3, 0.4) is 0 Å². The highest BCUT2D eigenvalue weighted by Gasteiger charge is 2.32. The highest BCUT2D eigenvalue weighted by atomic mass is 35.5.